The van der Waals surface area contributed by atoms with E-state index in [1.54, 1.807) is 24.0 Å². The Balaban J connectivity index is 1.71. The van der Waals surface area contributed by atoms with Crippen LogP contribution in [0.25, 0.3) is 10.8 Å². The van der Waals surface area contributed by atoms with Crippen LogP contribution in [0.5, 0.6) is 5.75 Å². The van der Waals surface area contributed by atoms with Crippen LogP contribution >= 0.6 is 0 Å². The van der Waals surface area contributed by atoms with E-state index in [1.807, 2.05) is 29.2 Å². The second kappa shape index (κ2) is 5.51. The highest BCUT2D eigenvalue weighted by Gasteiger charge is 2.42. The van der Waals surface area contributed by atoms with Crippen LogP contribution in [-0.4, -0.2) is 51.9 Å². The van der Waals surface area contributed by atoms with Gasteiger partial charge in [0.2, 0.25) is 5.91 Å². The topological polar surface area (TPSA) is 60.9 Å². The Hall–Kier alpha value is -2.56. The fraction of sp³-hybridized carbons (Fsp3) is 0.368. The van der Waals surface area contributed by atoms with Gasteiger partial charge in [-0.2, -0.15) is 0 Å². The molecule has 0 radical (unpaired) electrons. The van der Waals surface area contributed by atoms with Crippen molar-refractivity contribution in [2.24, 2.45) is 0 Å². The van der Waals surface area contributed by atoms with Crippen molar-refractivity contribution >= 4 is 22.6 Å². The first-order chi connectivity index (χ1) is 11.6. The van der Waals surface area contributed by atoms with Crippen molar-refractivity contribution < 1.29 is 14.7 Å². The predicted octanol–water partition coefficient (Wildman–Crippen LogP) is 2.38. The summed E-state index contributed by atoms with van der Waals surface area (Å²) in [5, 5.41) is 12.1. The smallest absolute Gasteiger partial charge is 0.258 e. The number of benzene rings is 2. The Bertz CT molecular complexity index is 832. The van der Waals surface area contributed by atoms with E-state index in [0.717, 1.165) is 24.8 Å². The maximum absolute atomic E-state index is 13.0. The molecular weight excluding hydrogens is 304 g/mol. The van der Waals surface area contributed by atoms with Crippen LogP contribution in [0, 0.1) is 0 Å². The van der Waals surface area contributed by atoms with Crippen LogP contribution in [0.1, 0.15) is 30.1 Å². The first-order valence-corrected chi connectivity index (χ1v) is 8.40. The van der Waals surface area contributed by atoms with Crippen molar-refractivity contribution in [3.63, 3.8) is 0 Å². The Kier molecular flexibility index (Phi) is 3.44. The van der Waals surface area contributed by atoms with E-state index in [2.05, 4.69) is 0 Å². The average Bonchev–Trinajstić information content (AvgIpc) is 3.07. The second-order valence-corrected chi connectivity index (χ2v) is 6.64. The minimum absolute atomic E-state index is 0.00778. The summed E-state index contributed by atoms with van der Waals surface area (Å²) in [6, 6.07) is 10.5. The molecule has 124 valence electrons. The highest BCUT2D eigenvalue weighted by atomic mass is 16.3. The maximum atomic E-state index is 13.0. The van der Waals surface area contributed by atoms with Gasteiger partial charge in [-0.15, -0.1) is 0 Å². The standard InChI is InChI=1S/C19H20N2O3/c1-12-18(23)20-10-4-6-14(20)11-21(12)19(24)16-9-8-13-5-2-3-7-15(13)17(16)22/h2-3,5,7-9,12,14,22H,4,6,10-11H2,1H3/t12-,14-/m1/s1. The van der Waals surface area contributed by atoms with Gasteiger partial charge in [-0.3, -0.25) is 9.59 Å². The third-order valence-corrected chi connectivity index (χ3v) is 5.28. The van der Waals surface area contributed by atoms with Crippen LogP contribution in [0.15, 0.2) is 36.4 Å². The number of phenols is 1. The molecule has 2 heterocycles. The van der Waals surface area contributed by atoms with Crippen molar-refractivity contribution in [2.75, 3.05) is 13.1 Å². The normalized spacial score (nSPS) is 23.6. The molecule has 2 aliphatic heterocycles. The first kappa shape index (κ1) is 15.0. The number of piperazine rings is 1. The summed E-state index contributed by atoms with van der Waals surface area (Å²) in [5.74, 6) is -0.269. The Morgan fingerprint density at radius 1 is 1.21 bits per heavy atom. The monoisotopic (exact) mass is 324 g/mol. The highest BCUT2D eigenvalue weighted by molar-refractivity contribution is 6.05. The molecule has 0 aliphatic carbocycles. The molecule has 0 saturated carbocycles. The summed E-state index contributed by atoms with van der Waals surface area (Å²) in [4.78, 5) is 29.0. The van der Waals surface area contributed by atoms with Gasteiger partial charge in [-0.25, -0.2) is 0 Å². The number of hydrogen-bond donors (Lipinski definition) is 1. The van der Waals surface area contributed by atoms with Crippen LogP contribution in [0.2, 0.25) is 0 Å². The fourth-order valence-corrected chi connectivity index (χ4v) is 3.92. The molecule has 0 aromatic heterocycles. The molecule has 2 saturated heterocycles. The van der Waals surface area contributed by atoms with Crippen molar-refractivity contribution in [3.05, 3.63) is 42.0 Å². The summed E-state index contributed by atoms with van der Waals surface area (Å²) in [7, 11) is 0. The van der Waals surface area contributed by atoms with Crippen molar-refractivity contribution in [1.29, 1.82) is 0 Å². The third-order valence-electron chi connectivity index (χ3n) is 5.28. The molecule has 5 nitrogen and oxygen atoms in total. The predicted molar refractivity (Wildman–Crippen MR) is 90.8 cm³/mol. The quantitative estimate of drug-likeness (QED) is 0.876. The lowest BCUT2D eigenvalue weighted by atomic mass is 10.0. The number of amides is 2. The van der Waals surface area contributed by atoms with Gasteiger partial charge in [0, 0.05) is 24.5 Å². The summed E-state index contributed by atoms with van der Waals surface area (Å²) in [6.45, 7) is 3.10. The number of rotatable bonds is 1. The number of phenolic OH excluding ortho intramolecular Hbond substituents is 1. The minimum Gasteiger partial charge on any atom is -0.506 e. The number of carbonyl (C=O) groups is 2. The van der Waals surface area contributed by atoms with Gasteiger partial charge in [0.25, 0.3) is 5.91 Å². The number of fused-ring (bicyclic) bond motifs is 2. The zero-order chi connectivity index (χ0) is 16.8. The molecule has 24 heavy (non-hydrogen) atoms. The lowest BCUT2D eigenvalue weighted by Crippen LogP contribution is -2.60. The van der Waals surface area contributed by atoms with E-state index in [9.17, 15) is 14.7 Å². The van der Waals surface area contributed by atoms with Gasteiger partial charge in [0.05, 0.1) is 5.56 Å². The Morgan fingerprint density at radius 2 is 2.00 bits per heavy atom. The van der Waals surface area contributed by atoms with E-state index < -0.39 is 6.04 Å². The number of aromatic hydroxyl groups is 1. The summed E-state index contributed by atoms with van der Waals surface area (Å²) >= 11 is 0. The molecule has 2 amide bonds. The molecule has 1 N–H and O–H groups in total. The van der Waals surface area contributed by atoms with Crippen molar-refractivity contribution in [2.45, 2.75) is 31.8 Å². The first-order valence-electron chi connectivity index (χ1n) is 8.40. The van der Waals surface area contributed by atoms with Crippen LogP contribution < -0.4 is 0 Å². The molecule has 0 unspecified atom stereocenters. The van der Waals surface area contributed by atoms with Crippen molar-refractivity contribution in [3.8, 4) is 5.75 Å². The maximum Gasteiger partial charge on any atom is 0.258 e. The fourth-order valence-electron chi connectivity index (χ4n) is 3.92. The molecule has 2 atom stereocenters. The third kappa shape index (κ3) is 2.15. The largest absolute Gasteiger partial charge is 0.506 e. The zero-order valence-electron chi connectivity index (χ0n) is 13.6. The molecule has 2 aromatic carbocycles. The van der Waals surface area contributed by atoms with Crippen LogP contribution in [0.4, 0.5) is 0 Å². The molecule has 2 aliphatic rings. The van der Waals surface area contributed by atoms with Gasteiger partial charge in [-0.05, 0) is 31.2 Å². The second-order valence-electron chi connectivity index (χ2n) is 6.64. The number of nitrogens with zero attached hydrogens (tertiary/aromatic N) is 2. The molecule has 2 aromatic rings. The summed E-state index contributed by atoms with van der Waals surface area (Å²) in [5.41, 5.74) is 0.264. The minimum atomic E-state index is -0.488. The molecular formula is C19H20N2O3. The number of carbonyl (C=O) groups excluding carboxylic acids is 2. The molecule has 0 spiro atoms. The molecule has 2 fully saturated rings. The van der Waals surface area contributed by atoms with E-state index in [4.69, 9.17) is 0 Å². The molecule has 4 rings (SSSR count). The lowest BCUT2D eigenvalue weighted by molar-refractivity contribution is -0.141. The zero-order valence-corrected chi connectivity index (χ0v) is 13.6. The van der Waals surface area contributed by atoms with E-state index >= 15 is 0 Å². The number of hydrogen-bond acceptors (Lipinski definition) is 3. The lowest BCUT2D eigenvalue weighted by Gasteiger charge is -2.41. The average molecular weight is 324 g/mol. The highest BCUT2D eigenvalue weighted by Crippen LogP contribution is 2.32. The van der Waals surface area contributed by atoms with Gasteiger partial charge in [-0.1, -0.05) is 30.3 Å². The van der Waals surface area contributed by atoms with Gasteiger partial charge >= 0.3 is 0 Å². The van der Waals surface area contributed by atoms with Gasteiger partial charge in [0.15, 0.2) is 0 Å². The Morgan fingerprint density at radius 3 is 2.83 bits per heavy atom. The molecule has 5 heteroatoms. The van der Waals surface area contributed by atoms with Crippen LogP contribution in [0.3, 0.4) is 0 Å². The summed E-state index contributed by atoms with van der Waals surface area (Å²) < 4.78 is 0. The Labute approximate surface area is 140 Å². The van der Waals surface area contributed by atoms with E-state index in [-0.39, 0.29) is 29.2 Å². The SMILES string of the molecule is C[C@@H]1C(=O)N2CCC[C@@H]2CN1C(=O)c1ccc2ccccc2c1O. The van der Waals surface area contributed by atoms with Gasteiger partial charge in [0.1, 0.15) is 11.8 Å². The van der Waals surface area contributed by atoms with Crippen molar-refractivity contribution in [1.82, 2.24) is 9.80 Å². The van der Waals surface area contributed by atoms with Gasteiger partial charge < -0.3 is 14.9 Å². The summed E-state index contributed by atoms with van der Waals surface area (Å²) in [6.07, 6.45) is 1.93. The van der Waals surface area contributed by atoms with E-state index in [1.165, 1.54) is 0 Å². The van der Waals surface area contributed by atoms with Crippen LogP contribution in [-0.2, 0) is 4.79 Å². The van der Waals surface area contributed by atoms with E-state index in [0.29, 0.717) is 11.9 Å². The molecule has 0 bridgehead atoms.